The lowest BCUT2D eigenvalue weighted by atomic mass is 9.84. The fourth-order valence-corrected chi connectivity index (χ4v) is 3.15. The topological polar surface area (TPSA) is 56.7 Å². The highest BCUT2D eigenvalue weighted by molar-refractivity contribution is 14.0. The van der Waals surface area contributed by atoms with E-state index >= 15 is 0 Å². The summed E-state index contributed by atoms with van der Waals surface area (Å²) in [6.07, 6.45) is 0.909. The standard InChI is InChI=1S/C20H31FN4O.HI/c1-14(2)18(26)25-10-9-17(12-25)24-19(22-5)23-13-20(3,4)15-7-6-8-16(21)11-15;/h6-8,11,14,17H,9-10,12-13H2,1-5H3,(H2,22,23,24);1H. The highest BCUT2D eigenvalue weighted by atomic mass is 127. The number of nitrogens with one attached hydrogen (secondary N) is 2. The lowest BCUT2D eigenvalue weighted by Crippen LogP contribution is -2.48. The van der Waals surface area contributed by atoms with Crippen LogP contribution in [0, 0.1) is 11.7 Å². The molecule has 1 heterocycles. The predicted octanol–water partition coefficient (Wildman–Crippen LogP) is 3.14. The van der Waals surface area contributed by atoms with Crippen LogP contribution in [0.25, 0.3) is 0 Å². The number of hydrogen-bond acceptors (Lipinski definition) is 2. The van der Waals surface area contributed by atoms with Crippen molar-refractivity contribution in [2.24, 2.45) is 10.9 Å². The normalized spacial score (nSPS) is 17.7. The lowest BCUT2D eigenvalue weighted by molar-refractivity contribution is -0.133. The molecular weight excluding hydrogens is 458 g/mol. The molecule has 0 spiro atoms. The van der Waals surface area contributed by atoms with Crippen molar-refractivity contribution in [3.8, 4) is 0 Å². The molecule has 152 valence electrons. The number of benzene rings is 1. The van der Waals surface area contributed by atoms with E-state index in [2.05, 4.69) is 29.5 Å². The van der Waals surface area contributed by atoms with E-state index in [0.29, 0.717) is 19.0 Å². The molecule has 0 aliphatic carbocycles. The molecule has 2 rings (SSSR count). The van der Waals surface area contributed by atoms with Crippen LogP contribution in [-0.2, 0) is 10.2 Å². The van der Waals surface area contributed by atoms with Gasteiger partial charge in [0.25, 0.3) is 0 Å². The summed E-state index contributed by atoms with van der Waals surface area (Å²) in [5.74, 6) is 0.708. The number of halogens is 2. The van der Waals surface area contributed by atoms with Crippen molar-refractivity contribution in [1.29, 1.82) is 0 Å². The summed E-state index contributed by atoms with van der Waals surface area (Å²) in [5.41, 5.74) is 0.699. The summed E-state index contributed by atoms with van der Waals surface area (Å²) in [7, 11) is 1.73. The van der Waals surface area contributed by atoms with Gasteiger partial charge in [0.2, 0.25) is 5.91 Å². The van der Waals surface area contributed by atoms with Gasteiger partial charge < -0.3 is 15.5 Å². The third-order valence-corrected chi connectivity index (χ3v) is 4.86. The summed E-state index contributed by atoms with van der Waals surface area (Å²) in [6.45, 7) is 10.1. The van der Waals surface area contributed by atoms with E-state index in [1.807, 2.05) is 24.8 Å². The Bertz CT molecular complexity index is 663. The zero-order valence-corrected chi connectivity index (χ0v) is 19.2. The van der Waals surface area contributed by atoms with Crippen molar-refractivity contribution in [3.05, 3.63) is 35.6 Å². The first-order valence-corrected chi connectivity index (χ1v) is 9.25. The third-order valence-electron chi connectivity index (χ3n) is 4.86. The molecule has 1 unspecified atom stereocenters. The van der Waals surface area contributed by atoms with E-state index < -0.39 is 0 Å². The summed E-state index contributed by atoms with van der Waals surface area (Å²) in [5, 5.41) is 6.73. The van der Waals surface area contributed by atoms with E-state index in [9.17, 15) is 9.18 Å². The van der Waals surface area contributed by atoms with Crippen molar-refractivity contribution >= 4 is 35.8 Å². The number of carbonyl (C=O) groups excluding carboxylic acids is 1. The van der Waals surface area contributed by atoms with Gasteiger partial charge in [0, 0.05) is 44.1 Å². The number of aliphatic imine (C=N–C) groups is 1. The zero-order chi connectivity index (χ0) is 19.3. The monoisotopic (exact) mass is 490 g/mol. The molecule has 1 aliphatic rings. The van der Waals surface area contributed by atoms with Gasteiger partial charge in [0.15, 0.2) is 5.96 Å². The van der Waals surface area contributed by atoms with Crippen molar-refractivity contribution in [2.45, 2.75) is 45.6 Å². The van der Waals surface area contributed by atoms with E-state index in [1.165, 1.54) is 6.07 Å². The Kier molecular flexibility index (Phi) is 8.98. The van der Waals surface area contributed by atoms with Crippen LogP contribution in [0.4, 0.5) is 4.39 Å². The number of nitrogens with zero attached hydrogens (tertiary/aromatic N) is 2. The number of rotatable bonds is 5. The number of amides is 1. The van der Waals surface area contributed by atoms with Gasteiger partial charge in [-0.2, -0.15) is 0 Å². The first-order chi connectivity index (χ1) is 12.2. The van der Waals surface area contributed by atoms with Gasteiger partial charge in [-0.3, -0.25) is 9.79 Å². The first kappa shape index (κ1) is 23.7. The molecule has 1 saturated heterocycles. The highest BCUT2D eigenvalue weighted by Crippen LogP contribution is 2.22. The van der Waals surface area contributed by atoms with Crippen LogP contribution in [0.1, 0.15) is 39.7 Å². The molecule has 1 aliphatic heterocycles. The van der Waals surface area contributed by atoms with Gasteiger partial charge >= 0.3 is 0 Å². The molecule has 0 radical (unpaired) electrons. The zero-order valence-electron chi connectivity index (χ0n) is 16.9. The summed E-state index contributed by atoms with van der Waals surface area (Å²) in [6, 6.07) is 6.90. The van der Waals surface area contributed by atoms with E-state index in [1.54, 1.807) is 19.2 Å². The number of hydrogen-bond donors (Lipinski definition) is 2. The fraction of sp³-hybridized carbons (Fsp3) is 0.600. The molecule has 2 N–H and O–H groups in total. The third kappa shape index (κ3) is 6.62. The molecule has 7 heteroatoms. The molecule has 5 nitrogen and oxygen atoms in total. The molecule has 27 heavy (non-hydrogen) atoms. The first-order valence-electron chi connectivity index (χ1n) is 9.25. The van der Waals surface area contributed by atoms with Crippen molar-refractivity contribution in [1.82, 2.24) is 15.5 Å². The Morgan fingerprint density at radius 3 is 2.70 bits per heavy atom. The fourth-order valence-electron chi connectivity index (χ4n) is 3.15. The summed E-state index contributed by atoms with van der Waals surface area (Å²) in [4.78, 5) is 18.3. The lowest BCUT2D eigenvalue weighted by Gasteiger charge is -2.27. The second-order valence-corrected chi connectivity index (χ2v) is 7.89. The average molecular weight is 490 g/mol. The molecule has 1 aromatic rings. The second-order valence-electron chi connectivity index (χ2n) is 7.89. The van der Waals surface area contributed by atoms with Crippen molar-refractivity contribution < 1.29 is 9.18 Å². The number of guanidine groups is 1. The largest absolute Gasteiger partial charge is 0.356 e. The maximum Gasteiger partial charge on any atom is 0.225 e. The highest BCUT2D eigenvalue weighted by Gasteiger charge is 2.28. The van der Waals surface area contributed by atoms with Gasteiger partial charge in [-0.15, -0.1) is 24.0 Å². The van der Waals surface area contributed by atoms with Crippen LogP contribution in [0.2, 0.25) is 0 Å². The predicted molar refractivity (Wildman–Crippen MR) is 119 cm³/mol. The van der Waals surface area contributed by atoms with Crippen LogP contribution in [0.3, 0.4) is 0 Å². The van der Waals surface area contributed by atoms with Crippen LogP contribution in [0.15, 0.2) is 29.3 Å². The minimum absolute atomic E-state index is 0. The Labute approximate surface area is 179 Å². The average Bonchev–Trinajstić information content (AvgIpc) is 3.06. The molecule has 1 fully saturated rings. The minimum atomic E-state index is -0.241. The smallest absolute Gasteiger partial charge is 0.225 e. The van der Waals surface area contributed by atoms with Gasteiger partial charge in [-0.05, 0) is 24.1 Å². The molecule has 0 aromatic heterocycles. The molecule has 0 saturated carbocycles. The van der Waals surface area contributed by atoms with Crippen LogP contribution in [0.5, 0.6) is 0 Å². The molecule has 1 atom stereocenters. The van der Waals surface area contributed by atoms with E-state index in [4.69, 9.17) is 0 Å². The number of carbonyl (C=O) groups is 1. The molecule has 1 aromatic carbocycles. The Hall–Kier alpha value is -1.38. The quantitative estimate of drug-likeness (QED) is 0.379. The van der Waals surface area contributed by atoms with Crippen molar-refractivity contribution in [3.63, 3.8) is 0 Å². The van der Waals surface area contributed by atoms with Gasteiger partial charge in [-0.1, -0.05) is 39.8 Å². The molecule has 1 amide bonds. The second kappa shape index (κ2) is 10.2. The van der Waals surface area contributed by atoms with Gasteiger partial charge in [-0.25, -0.2) is 4.39 Å². The van der Waals surface area contributed by atoms with Crippen LogP contribution < -0.4 is 10.6 Å². The van der Waals surface area contributed by atoms with Gasteiger partial charge in [0.05, 0.1) is 0 Å². The molecular formula is C20H32FIN4O. The number of likely N-dealkylation sites (tertiary alicyclic amines) is 1. The van der Waals surface area contributed by atoms with E-state index in [0.717, 1.165) is 18.5 Å². The Morgan fingerprint density at radius 2 is 2.11 bits per heavy atom. The Morgan fingerprint density at radius 1 is 1.41 bits per heavy atom. The SMILES string of the molecule is CN=C(NCC(C)(C)c1cccc(F)c1)NC1CCN(C(=O)C(C)C)C1.I. The maximum atomic E-state index is 13.5. The van der Waals surface area contributed by atoms with Crippen LogP contribution in [-0.4, -0.2) is 49.5 Å². The minimum Gasteiger partial charge on any atom is -0.356 e. The van der Waals surface area contributed by atoms with Gasteiger partial charge in [0.1, 0.15) is 5.82 Å². The van der Waals surface area contributed by atoms with Crippen molar-refractivity contribution in [2.75, 3.05) is 26.7 Å². The maximum absolute atomic E-state index is 13.5. The summed E-state index contributed by atoms with van der Waals surface area (Å²) >= 11 is 0. The van der Waals surface area contributed by atoms with Crippen LogP contribution >= 0.6 is 24.0 Å². The molecule has 0 bridgehead atoms. The summed E-state index contributed by atoms with van der Waals surface area (Å²) < 4.78 is 13.5. The Balaban J connectivity index is 0.00000364. The van der Waals surface area contributed by atoms with E-state index in [-0.39, 0.29) is 53.1 Å².